The van der Waals surface area contributed by atoms with Crippen molar-refractivity contribution in [3.05, 3.63) is 36.5 Å². The third-order valence-electron chi connectivity index (χ3n) is 1.92. The highest BCUT2D eigenvalue weighted by molar-refractivity contribution is 5.48. The molecule has 0 aromatic carbocycles. The number of hydrogen-bond acceptors (Lipinski definition) is 4. The Morgan fingerprint density at radius 2 is 1.81 bits per heavy atom. The standard InChI is InChI=1S/C10H8F2N4/c1-10(11,12)8-4-2-3-7(16-8)9-14-5-13-6-15-9/h2-6H,1H3. The van der Waals surface area contributed by atoms with Crippen LogP contribution in [0.25, 0.3) is 11.5 Å². The lowest BCUT2D eigenvalue weighted by Crippen LogP contribution is -2.10. The molecule has 0 bridgehead atoms. The lowest BCUT2D eigenvalue weighted by atomic mass is 10.2. The molecule has 0 saturated heterocycles. The van der Waals surface area contributed by atoms with Crippen LogP contribution in [-0.2, 0) is 5.92 Å². The molecule has 2 aromatic rings. The summed E-state index contributed by atoms with van der Waals surface area (Å²) in [6.45, 7) is 0.798. The zero-order valence-corrected chi connectivity index (χ0v) is 8.43. The van der Waals surface area contributed by atoms with E-state index < -0.39 is 5.92 Å². The van der Waals surface area contributed by atoms with E-state index in [-0.39, 0.29) is 11.5 Å². The largest absolute Gasteiger partial charge is 0.286 e. The molecule has 2 rings (SSSR count). The van der Waals surface area contributed by atoms with Crippen LogP contribution in [0.2, 0.25) is 0 Å². The summed E-state index contributed by atoms with van der Waals surface area (Å²) in [5, 5.41) is 0. The maximum Gasteiger partial charge on any atom is 0.286 e. The SMILES string of the molecule is CC(F)(F)c1cccc(-c2ncncn2)n1. The van der Waals surface area contributed by atoms with Crippen molar-refractivity contribution in [3.8, 4) is 11.5 Å². The molecule has 0 N–H and O–H groups in total. The van der Waals surface area contributed by atoms with Gasteiger partial charge >= 0.3 is 0 Å². The first-order valence-electron chi connectivity index (χ1n) is 4.55. The second-order valence-electron chi connectivity index (χ2n) is 3.26. The van der Waals surface area contributed by atoms with Crippen LogP contribution >= 0.6 is 0 Å². The molecule has 0 aliphatic carbocycles. The summed E-state index contributed by atoms with van der Waals surface area (Å²) in [6, 6.07) is 4.34. The van der Waals surface area contributed by atoms with E-state index in [4.69, 9.17) is 0 Å². The zero-order chi connectivity index (χ0) is 11.6. The topological polar surface area (TPSA) is 51.6 Å². The van der Waals surface area contributed by atoms with Gasteiger partial charge in [0, 0.05) is 6.92 Å². The monoisotopic (exact) mass is 222 g/mol. The summed E-state index contributed by atoms with van der Waals surface area (Å²) < 4.78 is 26.1. The molecule has 2 heterocycles. The first kappa shape index (κ1) is 10.5. The Morgan fingerprint density at radius 3 is 2.44 bits per heavy atom. The molecule has 16 heavy (non-hydrogen) atoms. The summed E-state index contributed by atoms with van der Waals surface area (Å²) in [6.07, 6.45) is 2.58. The van der Waals surface area contributed by atoms with Crippen molar-refractivity contribution < 1.29 is 8.78 Å². The van der Waals surface area contributed by atoms with Crippen molar-refractivity contribution in [1.29, 1.82) is 0 Å². The molecule has 0 radical (unpaired) electrons. The third kappa shape index (κ3) is 2.16. The van der Waals surface area contributed by atoms with Crippen molar-refractivity contribution in [2.45, 2.75) is 12.8 Å². The lowest BCUT2D eigenvalue weighted by molar-refractivity contribution is 0.0129. The Balaban J connectivity index is 2.45. The minimum Gasteiger partial charge on any atom is -0.243 e. The summed E-state index contributed by atoms with van der Waals surface area (Å²) in [5.74, 6) is -2.69. The van der Waals surface area contributed by atoms with E-state index in [1.165, 1.54) is 24.8 Å². The predicted molar refractivity (Wildman–Crippen MR) is 52.6 cm³/mol. The average molecular weight is 222 g/mol. The van der Waals surface area contributed by atoms with Crippen molar-refractivity contribution in [3.63, 3.8) is 0 Å². The Hall–Kier alpha value is -1.98. The van der Waals surface area contributed by atoms with Crippen LogP contribution in [0.5, 0.6) is 0 Å². The molecule has 6 heteroatoms. The summed E-state index contributed by atoms with van der Waals surface area (Å²) in [4.78, 5) is 15.1. The van der Waals surface area contributed by atoms with Crippen LogP contribution in [0.4, 0.5) is 8.78 Å². The maximum absolute atomic E-state index is 13.0. The van der Waals surface area contributed by atoms with Gasteiger partial charge in [0.25, 0.3) is 5.92 Å². The first-order chi connectivity index (χ1) is 7.57. The van der Waals surface area contributed by atoms with E-state index in [1.54, 1.807) is 6.07 Å². The third-order valence-corrected chi connectivity index (χ3v) is 1.92. The summed E-state index contributed by atoms with van der Waals surface area (Å²) in [5.41, 5.74) is 0.00633. The van der Waals surface area contributed by atoms with Gasteiger partial charge in [0.15, 0.2) is 5.82 Å². The molecule has 2 aromatic heterocycles. The van der Waals surface area contributed by atoms with Crippen LogP contribution in [0.15, 0.2) is 30.9 Å². The fourth-order valence-electron chi connectivity index (χ4n) is 1.18. The second kappa shape index (κ2) is 3.88. The van der Waals surface area contributed by atoms with Gasteiger partial charge < -0.3 is 0 Å². The van der Waals surface area contributed by atoms with Crippen LogP contribution in [-0.4, -0.2) is 19.9 Å². The number of rotatable bonds is 2. The van der Waals surface area contributed by atoms with Gasteiger partial charge in [0.2, 0.25) is 0 Å². The number of nitrogens with zero attached hydrogens (tertiary/aromatic N) is 4. The Bertz CT molecular complexity index is 482. The molecule has 0 amide bonds. The first-order valence-corrected chi connectivity index (χ1v) is 4.55. The van der Waals surface area contributed by atoms with Gasteiger partial charge in [0.1, 0.15) is 24.0 Å². The second-order valence-corrected chi connectivity index (χ2v) is 3.26. The van der Waals surface area contributed by atoms with Gasteiger partial charge in [-0.2, -0.15) is 8.78 Å². The van der Waals surface area contributed by atoms with Crippen LogP contribution in [0, 0.1) is 0 Å². The maximum atomic E-state index is 13.0. The van der Waals surface area contributed by atoms with Gasteiger partial charge in [-0.1, -0.05) is 6.07 Å². The average Bonchev–Trinajstić information content (AvgIpc) is 2.29. The van der Waals surface area contributed by atoms with E-state index in [2.05, 4.69) is 19.9 Å². The van der Waals surface area contributed by atoms with E-state index in [9.17, 15) is 8.78 Å². The number of aromatic nitrogens is 4. The van der Waals surface area contributed by atoms with Crippen molar-refractivity contribution in [2.24, 2.45) is 0 Å². The molecular weight excluding hydrogens is 214 g/mol. The molecule has 0 unspecified atom stereocenters. The number of pyridine rings is 1. The molecule has 0 atom stereocenters. The van der Waals surface area contributed by atoms with Gasteiger partial charge in [-0.25, -0.2) is 19.9 Å². The summed E-state index contributed by atoms with van der Waals surface area (Å²) in [7, 11) is 0. The quantitative estimate of drug-likeness (QED) is 0.780. The van der Waals surface area contributed by atoms with E-state index in [1.807, 2.05) is 0 Å². The van der Waals surface area contributed by atoms with Crippen LogP contribution < -0.4 is 0 Å². The number of hydrogen-bond donors (Lipinski definition) is 0. The molecule has 82 valence electrons. The van der Waals surface area contributed by atoms with Crippen molar-refractivity contribution in [2.75, 3.05) is 0 Å². The van der Waals surface area contributed by atoms with E-state index in [0.29, 0.717) is 5.69 Å². The van der Waals surface area contributed by atoms with E-state index >= 15 is 0 Å². The lowest BCUT2D eigenvalue weighted by Gasteiger charge is -2.09. The normalized spacial score (nSPS) is 11.4. The highest BCUT2D eigenvalue weighted by Gasteiger charge is 2.26. The number of alkyl halides is 2. The van der Waals surface area contributed by atoms with Crippen molar-refractivity contribution in [1.82, 2.24) is 19.9 Å². The highest BCUT2D eigenvalue weighted by atomic mass is 19.3. The molecule has 0 aliphatic rings. The molecule has 4 nitrogen and oxygen atoms in total. The van der Waals surface area contributed by atoms with Crippen LogP contribution in [0.1, 0.15) is 12.6 Å². The van der Waals surface area contributed by atoms with Gasteiger partial charge in [-0.15, -0.1) is 0 Å². The smallest absolute Gasteiger partial charge is 0.243 e. The summed E-state index contributed by atoms with van der Waals surface area (Å²) >= 11 is 0. The molecule has 0 aliphatic heterocycles. The van der Waals surface area contributed by atoms with E-state index in [0.717, 1.165) is 6.92 Å². The number of halogens is 2. The van der Waals surface area contributed by atoms with Gasteiger partial charge in [-0.3, -0.25) is 0 Å². The van der Waals surface area contributed by atoms with Crippen molar-refractivity contribution >= 4 is 0 Å². The Morgan fingerprint density at radius 1 is 1.12 bits per heavy atom. The fourth-order valence-corrected chi connectivity index (χ4v) is 1.18. The Labute approximate surface area is 90.4 Å². The predicted octanol–water partition coefficient (Wildman–Crippen LogP) is 2.05. The molecular formula is C10H8F2N4. The van der Waals surface area contributed by atoms with Gasteiger partial charge in [0.05, 0.1) is 0 Å². The highest BCUT2D eigenvalue weighted by Crippen LogP contribution is 2.26. The Kier molecular flexibility index (Phi) is 2.55. The molecule has 0 saturated carbocycles. The molecule has 0 spiro atoms. The minimum atomic E-state index is -2.97. The minimum absolute atomic E-state index is 0.279. The zero-order valence-electron chi connectivity index (χ0n) is 8.43. The van der Waals surface area contributed by atoms with Crippen LogP contribution in [0.3, 0.4) is 0 Å². The fraction of sp³-hybridized carbons (Fsp3) is 0.200. The molecule has 0 fully saturated rings. The van der Waals surface area contributed by atoms with Gasteiger partial charge in [-0.05, 0) is 12.1 Å².